The van der Waals surface area contributed by atoms with E-state index in [0.717, 1.165) is 32.1 Å². The summed E-state index contributed by atoms with van der Waals surface area (Å²) in [5.74, 6) is 0.482. The minimum absolute atomic E-state index is 0.0366. The van der Waals surface area contributed by atoms with Gasteiger partial charge in [-0.3, -0.25) is 4.79 Å². The first-order valence-corrected chi connectivity index (χ1v) is 6.08. The Balaban J connectivity index is 2.50. The van der Waals surface area contributed by atoms with Crippen molar-refractivity contribution in [2.24, 2.45) is 10.8 Å². The molecule has 1 heteroatoms. The fourth-order valence-electron chi connectivity index (χ4n) is 2.65. The van der Waals surface area contributed by atoms with E-state index in [1.807, 2.05) is 6.92 Å². The highest BCUT2D eigenvalue weighted by molar-refractivity contribution is 5.91. The average molecular weight is 208 g/mol. The van der Waals surface area contributed by atoms with Crippen LogP contribution in [0.4, 0.5) is 0 Å². The zero-order valence-corrected chi connectivity index (χ0v) is 10.6. The largest absolute Gasteiger partial charge is 0.298 e. The molecule has 0 heterocycles. The number of allylic oxidation sites excluding steroid dienone is 2. The third-order valence-corrected chi connectivity index (χ3v) is 3.80. The minimum atomic E-state index is -0.0741. The predicted octanol–water partition coefficient (Wildman–Crippen LogP) is 4.13. The lowest BCUT2D eigenvalue weighted by atomic mass is 9.78. The summed E-state index contributed by atoms with van der Waals surface area (Å²) in [6, 6.07) is 0. The van der Waals surface area contributed by atoms with Gasteiger partial charge in [-0.15, -0.1) is 0 Å². The smallest absolute Gasteiger partial charge is 0.144 e. The number of unbranched alkanes of at least 4 members (excludes halogenated alkanes) is 1. The molecule has 1 aliphatic carbocycles. The van der Waals surface area contributed by atoms with Gasteiger partial charge in [-0.05, 0) is 39.0 Å². The zero-order chi connectivity index (χ0) is 11.5. The fraction of sp³-hybridized carbons (Fsp3) is 0.786. The molecular weight excluding hydrogens is 184 g/mol. The number of carbonyl (C=O) groups excluding carboxylic acids is 1. The lowest BCUT2D eigenvalue weighted by molar-refractivity contribution is -0.132. The van der Waals surface area contributed by atoms with Gasteiger partial charge in [0.05, 0.1) is 0 Å². The summed E-state index contributed by atoms with van der Waals surface area (Å²) < 4.78 is 0. The molecule has 1 nitrogen and oxygen atoms in total. The van der Waals surface area contributed by atoms with Gasteiger partial charge < -0.3 is 0 Å². The van der Waals surface area contributed by atoms with Crippen LogP contribution >= 0.6 is 0 Å². The maximum Gasteiger partial charge on any atom is 0.144 e. The van der Waals surface area contributed by atoms with Crippen LogP contribution in [-0.4, -0.2) is 5.78 Å². The Labute approximate surface area is 93.9 Å². The third kappa shape index (κ3) is 2.70. The van der Waals surface area contributed by atoms with Crippen molar-refractivity contribution in [2.45, 2.75) is 59.8 Å². The van der Waals surface area contributed by atoms with Gasteiger partial charge in [0.2, 0.25) is 0 Å². The molecule has 0 aromatic rings. The Hall–Kier alpha value is -0.590. The van der Waals surface area contributed by atoms with E-state index in [-0.39, 0.29) is 10.8 Å². The average Bonchev–Trinajstić information content (AvgIpc) is 2.39. The molecule has 0 N–H and O–H groups in total. The summed E-state index contributed by atoms with van der Waals surface area (Å²) in [4.78, 5) is 12.2. The number of carbonyl (C=O) groups is 1. The van der Waals surface area contributed by atoms with E-state index in [1.54, 1.807) is 0 Å². The zero-order valence-electron chi connectivity index (χ0n) is 10.6. The second-order valence-corrected chi connectivity index (χ2v) is 5.73. The number of ketones is 1. The highest BCUT2D eigenvalue weighted by Gasteiger charge is 2.47. The van der Waals surface area contributed by atoms with E-state index < -0.39 is 0 Å². The monoisotopic (exact) mass is 208 g/mol. The number of rotatable bonds is 4. The summed E-state index contributed by atoms with van der Waals surface area (Å²) >= 11 is 0. The van der Waals surface area contributed by atoms with Gasteiger partial charge in [0, 0.05) is 10.8 Å². The summed E-state index contributed by atoms with van der Waals surface area (Å²) in [5.41, 5.74) is -0.111. The molecule has 15 heavy (non-hydrogen) atoms. The molecule has 0 amide bonds. The Bertz CT molecular complexity index is 263. The number of Topliss-reactive ketones (excluding diaryl/α,β-unsaturated/α-hetero) is 1. The van der Waals surface area contributed by atoms with Crippen LogP contribution < -0.4 is 0 Å². The van der Waals surface area contributed by atoms with Crippen molar-refractivity contribution in [1.29, 1.82) is 0 Å². The Morgan fingerprint density at radius 2 is 1.93 bits per heavy atom. The van der Waals surface area contributed by atoms with E-state index in [1.165, 1.54) is 0 Å². The maximum absolute atomic E-state index is 12.2. The Morgan fingerprint density at radius 1 is 1.27 bits per heavy atom. The highest BCUT2D eigenvalue weighted by atomic mass is 16.1. The molecule has 1 fully saturated rings. The summed E-state index contributed by atoms with van der Waals surface area (Å²) in [6.07, 6.45) is 9.72. The van der Waals surface area contributed by atoms with Crippen molar-refractivity contribution in [3.05, 3.63) is 12.2 Å². The van der Waals surface area contributed by atoms with E-state index in [0.29, 0.717) is 5.78 Å². The molecular formula is C14H24O. The topological polar surface area (TPSA) is 17.1 Å². The van der Waals surface area contributed by atoms with E-state index in [4.69, 9.17) is 0 Å². The van der Waals surface area contributed by atoms with Crippen molar-refractivity contribution in [3.63, 3.8) is 0 Å². The molecule has 0 aliphatic heterocycles. The molecule has 0 aromatic heterocycles. The van der Waals surface area contributed by atoms with Gasteiger partial charge in [-0.25, -0.2) is 0 Å². The van der Waals surface area contributed by atoms with Gasteiger partial charge in [0.25, 0.3) is 0 Å². The molecule has 1 rings (SSSR count). The van der Waals surface area contributed by atoms with Gasteiger partial charge in [0.15, 0.2) is 0 Å². The molecule has 0 radical (unpaired) electrons. The van der Waals surface area contributed by atoms with Crippen LogP contribution in [0.1, 0.15) is 59.8 Å². The number of hydrogen-bond donors (Lipinski definition) is 0. The summed E-state index contributed by atoms with van der Waals surface area (Å²) in [7, 11) is 0. The van der Waals surface area contributed by atoms with Crippen molar-refractivity contribution in [2.75, 3.05) is 0 Å². The molecule has 0 bridgehead atoms. The van der Waals surface area contributed by atoms with E-state index in [2.05, 4.69) is 32.9 Å². The SMILES string of the molecule is C/C=C\CCCC1(C)CCC(C)(C)C1=O. The van der Waals surface area contributed by atoms with Crippen LogP contribution in [0.3, 0.4) is 0 Å². The van der Waals surface area contributed by atoms with Crippen molar-refractivity contribution in [3.8, 4) is 0 Å². The highest BCUT2D eigenvalue weighted by Crippen LogP contribution is 2.48. The lowest BCUT2D eigenvalue weighted by Gasteiger charge is -2.24. The molecule has 1 atom stereocenters. The Morgan fingerprint density at radius 3 is 2.40 bits per heavy atom. The van der Waals surface area contributed by atoms with Crippen molar-refractivity contribution in [1.82, 2.24) is 0 Å². The molecule has 1 saturated carbocycles. The number of hydrogen-bond acceptors (Lipinski definition) is 1. The van der Waals surface area contributed by atoms with Crippen LogP contribution in [-0.2, 0) is 4.79 Å². The first kappa shape index (κ1) is 12.5. The van der Waals surface area contributed by atoms with Crippen molar-refractivity contribution >= 4 is 5.78 Å². The first-order chi connectivity index (χ1) is 6.92. The maximum atomic E-state index is 12.2. The van der Waals surface area contributed by atoms with Crippen LogP contribution in [0.5, 0.6) is 0 Å². The van der Waals surface area contributed by atoms with E-state index in [9.17, 15) is 4.79 Å². The summed E-state index contributed by atoms with van der Waals surface area (Å²) in [5, 5.41) is 0. The van der Waals surface area contributed by atoms with Crippen molar-refractivity contribution < 1.29 is 4.79 Å². The molecule has 1 unspecified atom stereocenters. The lowest BCUT2D eigenvalue weighted by Crippen LogP contribution is -2.29. The van der Waals surface area contributed by atoms with Gasteiger partial charge >= 0.3 is 0 Å². The van der Waals surface area contributed by atoms with Crippen LogP contribution in [0.25, 0.3) is 0 Å². The second-order valence-electron chi connectivity index (χ2n) is 5.73. The normalized spacial score (nSPS) is 30.3. The minimum Gasteiger partial charge on any atom is -0.298 e. The molecule has 0 aromatic carbocycles. The molecule has 0 spiro atoms. The Kier molecular flexibility index (Phi) is 3.75. The molecule has 1 aliphatic rings. The third-order valence-electron chi connectivity index (χ3n) is 3.80. The van der Waals surface area contributed by atoms with Crippen LogP contribution in [0, 0.1) is 10.8 Å². The molecule has 0 saturated heterocycles. The fourth-order valence-corrected chi connectivity index (χ4v) is 2.65. The standard InChI is InChI=1S/C14H24O/c1-5-6-7-8-9-14(4)11-10-13(2,3)12(14)15/h5-6H,7-11H2,1-4H3/b6-5-. The van der Waals surface area contributed by atoms with Crippen LogP contribution in [0.2, 0.25) is 0 Å². The molecule has 86 valence electrons. The van der Waals surface area contributed by atoms with Gasteiger partial charge in [-0.2, -0.15) is 0 Å². The van der Waals surface area contributed by atoms with E-state index >= 15 is 0 Å². The second kappa shape index (κ2) is 4.51. The quantitative estimate of drug-likeness (QED) is 0.501. The summed E-state index contributed by atoms with van der Waals surface area (Å²) in [6.45, 7) is 8.38. The predicted molar refractivity (Wildman–Crippen MR) is 64.8 cm³/mol. The van der Waals surface area contributed by atoms with Gasteiger partial charge in [-0.1, -0.05) is 32.9 Å². The van der Waals surface area contributed by atoms with Crippen LogP contribution in [0.15, 0.2) is 12.2 Å². The first-order valence-electron chi connectivity index (χ1n) is 6.08. The van der Waals surface area contributed by atoms with Gasteiger partial charge in [0.1, 0.15) is 5.78 Å².